The van der Waals surface area contributed by atoms with Crippen LogP contribution in [0.3, 0.4) is 0 Å². The molecule has 0 atom stereocenters. The van der Waals surface area contributed by atoms with Crippen molar-refractivity contribution >= 4 is 39.0 Å². The van der Waals surface area contributed by atoms with Crippen LogP contribution in [0, 0.1) is 10.1 Å². The Morgan fingerprint density at radius 2 is 1.97 bits per heavy atom. The minimum Gasteiger partial charge on any atom is -0.452 e. The number of hydrogen-bond acceptors (Lipinski definition) is 7. The number of hydrogen-bond donors (Lipinski definition) is 1. The van der Waals surface area contributed by atoms with Crippen molar-refractivity contribution in [3.8, 4) is 0 Å². The molecule has 0 unspecified atom stereocenters. The molecule has 2 aromatic rings. The van der Waals surface area contributed by atoms with E-state index in [4.69, 9.17) is 4.74 Å². The number of amides is 1. The van der Waals surface area contributed by atoms with Crippen molar-refractivity contribution in [3.63, 3.8) is 0 Å². The van der Waals surface area contributed by atoms with Crippen molar-refractivity contribution in [2.75, 3.05) is 29.0 Å². The Morgan fingerprint density at radius 3 is 2.67 bits per heavy atom. The topological polar surface area (TPSA) is 136 Å². The Labute approximate surface area is 172 Å². The molecule has 0 radical (unpaired) electrons. The van der Waals surface area contributed by atoms with Crippen LogP contribution in [-0.2, 0) is 26.0 Å². The number of non-ortho nitro benzene ring substituents is 1. The van der Waals surface area contributed by atoms with Gasteiger partial charge >= 0.3 is 5.97 Å². The van der Waals surface area contributed by atoms with Crippen LogP contribution in [0.2, 0.25) is 0 Å². The highest BCUT2D eigenvalue weighted by Gasteiger charge is 2.25. The van der Waals surface area contributed by atoms with Crippen LogP contribution in [0.25, 0.3) is 0 Å². The maximum absolute atomic E-state index is 12.6. The fourth-order valence-electron chi connectivity index (χ4n) is 3.19. The molecule has 0 fully saturated rings. The van der Waals surface area contributed by atoms with Crippen LogP contribution in [0.5, 0.6) is 0 Å². The first kappa shape index (κ1) is 21.2. The smallest absolute Gasteiger partial charge is 0.340 e. The molecule has 1 aliphatic heterocycles. The molecule has 0 spiro atoms. The van der Waals surface area contributed by atoms with Gasteiger partial charge in [-0.05, 0) is 36.6 Å². The van der Waals surface area contributed by atoms with Crippen LogP contribution in [-0.4, -0.2) is 44.6 Å². The predicted octanol–water partition coefficient (Wildman–Crippen LogP) is 2.10. The van der Waals surface area contributed by atoms with Gasteiger partial charge in [-0.1, -0.05) is 12.1 Å². The summed E-state index contributed by atoms with van der Waals surface area (Å²) in [5.74, 6) is -1.33. The van der Waals surface area contributed by atoms with E-state index in [1.54, 1.807) is 12.1 Å². The number of nitrogens with one attached hydrogen (secondary N) is 1. The number of ether oxygens (including phenoxy) is 1. The maximum atomic E-state index is 12.6. The van der Waals surface area contributed by atoms with Gasteiger partial charge < -0.3 is 9.64 Å². The lowest BCUT2D eigenvalue weighted by Gasteiger charge is -2.29. The normalized spacial score (nSPS) is 13.3. The second-order valence-corrected chi connectivity index (χ2v) is 8.46. The summed E-state index contributed by atoms with van der Waals surface area (Å²) in [5.41, 5.74) is 1.20. The van der Waals surface area contributed by atoms with Crippen molar-refractivity contribution in [2.24, 2.45) is 0 Å². The highest BCUT2D eigenvalue weighted by molar-refractivity contribution is 7.92. The third-order valence-corrected chi connectivity index (χ3v) is 5.05. The largest absolute Gasteiger partial charge is 0.452 e. The van der Waals surface area contributed by atoms with Crippen molar-refractivity contribution in [3.05, 3.63) is 63.7 Å². The molecule has 0 aliphatic carbocycles. The van der Waals surface area contributed by atoms with Crippen molar-refractivity contribution in [1.29, 1.82) is 0 Å². The van der Waals surface area contributed by atoms with Gasteiger partial charge in [-0.3, -0.25) is 19.6 Å². The van der Waals surface area contributed by atoms with Gasteiger partial charge in [0.25, 0.3) is 11.6 Å². The van der Waals surface area contributed by atoms with Crippen molar-refractivity contribution in [2.45, 2.75) is 12.8 Å². The number of nitrogens with zero attached hydrogens (tertiary/aromatic N) is 2. The number of para-hydroxylation sites is 1. The fraction of sp³-hybridized carbons (Fsp3) is 0.263. The minimum absolute atomic E-state index is 0.0228. The van der Waals surface area contributed by atoms with Gasteiger partial charge in [0.2, 0.25) is 10.0 Å². The molecule has 0 aromatic heterocycles. The second-order valence-electron chi connectivity index (χ2n) is 6.71. The summed E-state index contributed by atoms with van der Waals surface area (Å²) in [7, 11) is -3.61. The number of nitro benzene ring substituents is 1. The van der Waals surface area contributed by atoms with Gasteiger partial charge in [0.15, 0.2) is 6.61 Å². The van der Waals surface area contributed by atoms with E-state index < -0.39 is 33.4 Å². The first-order chi connectivity index (χ1) is 14.2. The summed E-state index contributed by atoms with van der Waals surface area (Å²) < 4.78 is 30.3. The van der Waals surface area contributed by atoms with E-state index in [9.17, 15) is 28.1 Å². The molecule has 2 aromatic carbocycles. The molecule has 3 rings (SSSR count). The lowest BCUT2D eigenvalue weighted by molar-refractivity contribution is -0.384. The minimum atomic E-state index is -3.61. The van der Waals surface area contributed by atoms with Crippen LogP contribution >= 0.6 is 0 Å². The Bertz CT molecular complexity index is 1110. The highest BCUT2D eigenvalue weighted by atomic mass is 32.2. The Hall–Kier alpha value is -3.47. The highest BCUT2D eigenvalue weighted by Crippen LogP contribution is 2.30. The van der Waals surface area contributed by atoms with Gasteiger partial charge in [0.1, 0.15) is 0 Å². The van der Waals surface area contributed by atoms with Crippen LogP contribution in [0.1, 0.15) is 22.3 Å². The molecule has 158 valence electrons. The molecule has 30 heavy (non-hydrogen) atoms. The average Bonchev–Trinajstić information content (AvgIpc) is 2.70. The van der Waals surface area contributed by atoms with Crippen LogP contribution in [0.4, 0.5) is 17.1 Å². The summed E-state index contributed by atoms with van der Waals surface area (Å²) in [4.78, 5) is 36.9. The summed E-state index contributed by atoms with van der Waals surface area (Å²) in [6, 6.07) is 10.2. The molecule has 11 heteroatoms. The number of nitro groups is 1. The third kappa shape index (κ3) is 4.92. The van der Waals surface area contributed by atoms with Gasteiger partial charge in [-0.25, -0.2) is 13.2 Å². The SMILES string of the molecule is CS(=O)(=O)Nc1ccccc1C(=O)OCC(=O)N1CCCc2cc([N+](=O)[O-])ccc21. The first-order valence-electron chi connectivity index (χ1n) is 8.97. The average molecular weight is 433 g/mol. The monoisotopic (exact) mass is 433 g/mol. The zero-order valence-corrected chi connectivity index (χ0v) is 16.8. The predicted molar refractivity (Wildman–Crippen MR) is 109 cm³/mol. The van der Waals surface area contributed by atoms with E-state index in [1.165, 1.54) is 35.2 Å². The van der Waals surface area contributed by atoms with E-state index >= 15 is 0 Å². The number of fused-ring (bicyclic) bond motifs is 1. The molecule has 1 N–H and O–H groups in total. The van der Waals surface area contributed by atoms with Gasteiger partial charge in [0, 0.05) is 24.4 Å². The molecular formula is C19H19N3O7S. The van der Waals surface area contributed by atoms with E-state index in [0.717, 1.165) is 6.26 Å². The quantitative estimate of drug-likeness (QED) is 0.418. The summed E-state index contributed by atoms with van der Waals surface area (Å²) >= 11 is 0. The zero-order valence-electron chi connectivity index (χ0n) is 16.0. The first-order valence-corrected chi connectivity index (χ1v) is 10.9. The number of aryl methyl sites for hydroxylation is 1. The summed E-state index contributed by atoms with van der Waals surface area (Å²) in [6.45, 7) is -0.157. The molecule has 1 aliphatic rings. The number of esters is 1. The Balaban J connectivity index is 1.72. The second kappa shape index (κ2) is 8.49. The number of anilines is 2. The van der Waals surface area contributed by atoms with E-state index in [-0.39, 0.29) is 16.9 Å². The fourth-order valence-corrected chi connectivity index (χ4v) is 3.77. The molecular weight excluding hydrogens is 414 g/mol. The lowest BCUT2D eigenvalue weighted by Crippen LogP contribution is -2.38. The van der Waals surface area contributed by atoms with Crippen LogP contribution in [0.15, 0.2) is 42.5 Å². The molecule has 0 bridgehead atoms. The maximum Gasteiger partial charge on any atom is 0.340 e. The molecule has 10 nitrogen and oxygen atoms in total. The third-order valence-electron chi connectivity index (χ3n) is 4.46. The Kier molecular flexibility index (Phi) is 6.01. The van der Waals surface area contributed by atoms with E-state index in [0.29, 0.717) is 30.6 Å². The molecule has 1 heterocycles. The van der Waals surface area contributed by atoms with Crippen molar-refractivity contribution in [1.82, 2.24) is 0 Å². The molecule has 1 amide bonds. The molecule has 0 saturated heterocycles. The van der Waals surface area contributed by atoms with Crippen LogP contribution < -0.4 is 9.62 Å². The van der Waals surface area contributed by atoms with Crippen molar-refractivity contribution < 1.29 is 27.7 Å². The van der Waals surface area contributed by atoms with Gasteiger partial charge in [0.05, 0.1) is 22.4 Å². The summed E-state index contributed by atoms with van der Waals surface area (Å²) in [6.07, 6.45) is 2.18. The summed E-state index contributed by atoms with van der Waals surface area (Å²) in [5, 5.41) is 11.0. The van der Waals surface area contributed by atoms with E-state index in [2.05, 4.69) is 4.72 Å². The number of carbonyl (C=O) groups excluding carboxylic acids is 2. The number of rotatable bonds is 6. The number of carbonyl (C=O) groups is 2. The molecule has 0 saturated carbocycles. The zero-order chi connectivity index (χ0) is 21.9. The Morgan fingerprint density at radius 1 is 1.23 bits per heavy atom. The number of sulfonamides is 1. The van der Waals surface area contributed by atoms with E-state index in [1.807, 2.05) is 0 Å². The van der Waals surface area contributed by atoms with Gasteiger partial charge in [-0.15, -0.1) is 0 Å². The number of benzene rings is 2. The standard InChI is InChI=1S/C19H19N3O7S/c1-30(27,28)20-16-7-3-2-6-15(16)19(24)29-12-18(23)21-10-4-5-13-11-14(22(25)26)8-9-17(13)21/h2-3,6-9,11,20H,4-5,10,12H2,1H3. The van der Waals surface area contributed by atoms with Gasteiger partial charge in [-0.2, -0.15) is 0 Å². The lowest BCUT2D eigenvalue weighted by atomic mass is 10.0.